The minimum absolute atomic E-state index is 0.303. The fourth-order valence-electron chi connectivity index (χ4n) is 2.84. The van der Waals surface area contributed by atoms with Crippen LogP contribution in [0.2, 0.25) is 0 Å². The van der Waals surface area contributed by atoms with Gasteiger partial charge in [-0.15, -0.1) is 0 Å². The number of amides is 1. The molecule has 0 spiro atoms. The van der Waals surface area contributed by atoms with E-state index < -0.39 is 5.97 Å². The number of esters is 1. The van der Waals surface area contributed by atoms with E-state index in [1.165, 1.54) is 6.21 Å². The van der Waals surface area contributed by atoms with E-state index in [0.717, 1.165) is 6.42 Å². The molecule has 3 rings (SSSR count). The molecule has 0 radical (unpaired) electrons. The molecule has 0 heterocycles. The topological polar surface area (TPSA) is 86.2 Å². The van der Waals surface area contributed by atoms with Gasteiger partial charge in [0.1, 0.15) is 5.75 Å². The molecule has 170 valence electrons. The first-order valence-electron chi connectivity index (χ1n) is 10.7. The third kappa shape index (κ3) is 6.93. The van der Waals surface area contributed by atoms with Gasteiger partial charge in [-0.25, -0.2) is 10.2 Å². The van der Waals surface area contributed by atoms with Crippen LogP contribution in [0.5, 0.6) is 17.2 Å². The number of hydrogen-bond donors (Lipinski definition) is 1. The van der Waals surface area contributed by atoms with Crippen LogP contribution < -0.4 is 19.6 Å². The van der Waals surface area contributed by atoms with Gasteiger partial charge >= 0.3 is 5.97 Å². The number of nitrogens with one attached hydrogen (secondary N) is 1. The fourth-order valence-corrected chi connectivity index (χ4v) is 2.84. The van der Waals surface area contributed by atoms with Crippen LogP contribution in [0.3, 0.4) is 0 Å². The van der Waals surface area contributed by atoms with Crippen LogP contribution in [0, 0.1) is 0 Å². The van der Waals surface area contributed by atoms with E-state index >= 15 is 0 Å². The van der Waals surface area contributed by atoms with Crippen LogP contribution in [0.25, 0.3) is 0 Å². The van der Waals surface area contributed by atoms with Crippen LogP contribution >= 0.6 is 0 Å². The molecule has 0 aliphatic carbocycles. The predicted octanol–water partition coefficient (Wildman–Crippen LogP) is 4.86. The van der Waals surface area contributed by atoms with Crippen molar-refractivity contribution in [2.45, 2.75) is 20.3 Å². The van der Waals surface area contributed by atoms with Crippen LogP contribution in [-0.2, 0) is 0 Å². The molecule has 0 atom stereocenters. The predicted molar refractivity (Wildman–Crippen MR) is 126 cm³/mol. The fraction of sp³-hybridized carbons (Fsp3) is 0.192. The van der Waals surface area contributed by atoms with Gasteiger partial charge < -0.3 is 14.2 Å². The highest BCUT2D eigenvalue weighted by molar-refractivity contribution is 5.95. The molecule has 3 aromatic rings. The van der Waals surface area contributed by atoms with E-state index in [1.54, 1.807) is 66.7 Å². The highest BCUT2D eigenvalue weighted by Gasteiger charge is 2.13. The van der Waals surface area contributed by atoms with E-state index in [-0.39, 0.29) is 5.91 Å². The molecule has 7 nitrogen and oxygen atoms in total. The number of hydrazone groups is 1. The summed E-state index contributed by atoms with van der Waals surface area (Å²) in [5.41, 5.74) is 4.07. The van der Waals surface area contributed by atoms with Gasteiger partial charge in [0.2, 0.25) is 0 Å². The normalized spacial score (nSPS) is 10.6. The molecule has 7 heteroatoms. The summed E-state index contributed by atoms with van der Waals surface area (Å²) in [5.74, 6) is 0.605. The van der Waals surface area contributed by atoms with E-state index in [2.05, 4.69) is 10.5 Å². The molecule has 0 saturated heterocycles. The summed E-state index contributed by atoms with van der Waals surface area (Å²) >= 11 is 0. The molecule has 0 unspecified atom stereocenters. The summed E-state index contributed by atoms with van der Waals surface area (Å²) in [6.45, 7) is 4.89. The van der Waals surface area contributed by atoms with Crippen molar-refractivity contribution in [2.75, 3.05) is 13.2 Å². The van der Waals surface area contributed by atoms with E-state index in [1.807, 2.05) is 19.9 Å². The minimum Gasteiger partial charge on any atom is -0.494 e. The van der Waals surface area contributed by atoms with Crippen molar-refractivity contribution in [3.05, 3.63) is 89.5 Å². The van der Waals surface area contributed by atoms with Crippen LogP contribution in [0.15, 0.2) is 77.9 Å². The van der Waals surface area contributed by atoms with Gasteiger partial charge in [0, 0.05) is 5.56 Å². The first-order valence-corrected chi connectivity index (χ1v) is 10.7. The van der Waals surface area contributed by atoms with Gasteiger partial charge in [0.05, 0.1) is 25.0 Å². The molecule has 1 amide bonds. The molecule has 0 bridgehead atoms. The number of nitrogens with zero attached hydrogens (tertiary/aromatic N) is 1. The number of benzene rings is 3. The maximum atomic E-state index is 12.4. The van der Waals surface area contributed by atoms with Gasteiger partial charge in [-0.3, -0.25) is 4.79 Å². The number of rotatable bonds is 10. The summed E-state index contributed by atoms with van der Waals surface area (Å²) in [5, 5.41) is 4.01. The van der Waals surface area contributed by atoms with Gasteiger partial charge in [0.25, 0.3) is 5.91 Å². The minimum atomic E-state index is -0.476. The van der Waals surface area contributed by atoms with Gasteiger partial charge in [0.15, 0.2) is 11.5 Å². The van der Waals surface area contributed by atoms with E-state index in [0.29, 0.717) is 47.2 Å². The Kier molecular flexibility index (Phi) is 8.59. The first kappa shape index (κ1) is 23.5. The smallest absolute Gasteiger partial charge is 0.343 e. The molecule has 0 aliphatic rings. The Morgan fingerprint density at radius 2 is 1.64 bits per heavy atom. The van der Waals surface area contributed by atoms with E-state index in [4.69, 9.17) is 14.2 Å². The third-order valence-corrected chi connectivity index (χ3v) is 4.45. The first-order chi connectivity index (χ1) is 16.1. The van der Waals surface area contributed by atoms with Gasteiger partial charge in [-0.2, -0.15) is 5.10 Å². The summed E-state index contributed by atoms with van der Waals surface area (Å²) in [7, 11) is 0. The molecule has 0 saturated carbocycles. The molecule has 0 fully saturated rings. The monoisotopic (exact) mass is 446 g/mol. The number of hydrogen-bond acceptors (Lipinski definition) is 6. The van der Waals surface area contributed by atoms with Crippen LogP contribution in [-0.4, -0.2) is 31.3 Å². The lowest BCUT2D eigenvalue weighted by molar-refractivity contribution is 0.0728. The van der Waals surface area contributed by atoms with Crippen molar-refractivity contribution in [1.82, 2.24) is 5.43 Å². The molecule has 33 heavy (non-hydrogen) atoms. The second-order valence-electron chi connectivity index (χ2n) is 6.97. The third-order valence-electron chi connectivity index (χ3n) is 4.45. The zero-order valence-electron chi connectivity index (χ0n) is 18.6. The standard InChI is InChI=1S/C26H26N2O5/c1-3-16-32-22-13-11-20(12-14-22)25(29)28-27-18-19-10-15-23(24(17-19)31-4-2)33-26(30)21-8-6-5-7-9-21/h5-15,17-18H,3-4,16H2,1-2H3,(H,28,29). The second kappa shape index (κ2) is 12.0. The van der Waals surface area contributed by atoms with Crippen molar-refractivity contribution in [3.8, 4) is 17.2 Å². The number of ether oxygens (including phenoxy) is 3. The zero-order valence-corrected chi connectivity index (χ0v) is 18.6. The van der Waals surface area contributed by atoms with Crippen molar-refractivity contribution in [2.24, 2.45) is 5.10 Å². The Morgan fingerprint density at radius 3 is 2.33 bits per heavy atom. The molecule has 3 aromatic carbocycles. The van der Waals surface area contributed by atoms with Crippen molar-refractivity contribution in [3.63, 3.8) is 0 Å². The molecule has 0 aliphatic heterocycles. The summed E-state index contributed by atoms with van der Waals surface area (Å²) in [6.07, 6.45) is 2.40. The number of carbonyl (C=O) groups excluding carboxylic acids is 2. The highest BCUT2D eigenvalue weighted by Crippen LogP contribution is 2.29. The zero-order chi connectivity index (χ0) is 23.5. The Balaban J connectivity index is 1.63. The summed E-state index contributed by atoms with van der Waals surface area (Å²) in [4.78, 5) is 24.6. The van der Waals surface area contributed by atoms with Crippen molar-refractivity contribution < 1.29 is 23.8 Å². The van der Waals surface area contributed by atoms with E-state index in [9.17, 15) is 9.59 Å². The summed E-state index contributed by atoms with van der Waals surface area (Å²) < 4.78 is 16.6. The van der Waals surface area contributed by atoms with Crippen LogP contribution in [0.4, 0.5) is 0 Å². The Labute approximate surface area is 193 Å². The van der Waals surface area contributed by atoms with Crippen molar-refractivity contribution >= 4 is 18.1 Å². The maximum absolute atomic E-state index is 12.4. The molecule has 1 N–H and O–H groups in total. The lowest BCUT2D eigenvalue weighted by Gasteiger charge is -2.11. The van der Waals surface area contributed by atoms with Gasteiger partial charge in [-0.05, 0) is 73.5 Å². The largest absolute Gasteiger partial charge is 0.494 e. The SMILES string of the molecule is CCCOc1ccc(C(=O)NN=Cc2ccc(OC(=O)c3ccccc3)c(OCC)c2)cc1. The number of carbonyl (C=O) groups is 2. The highest BCUT2D eigenvalue weighted by atomic mass is 16.6. The Bertz CT molecular complexity index is 1100. The van der Waals surface area contributed by atoms with Crippen molar-refractivity contribution in [1.29, 1.82) is 0 Å². The molecule has 0 aromatic heterocycles. The molecular weight excluding hydrogens is 420 g/mol. The van der Waals surface area contributed by atoms with Crippen LogP contribution in [0.1, 0.15) is 46.5 Å². The average Bonchev–Trinajstić information content (AvgIpc) is 2.85. The molecular formula is C26H26N2O5. The summed E-state index contributed by atoms with van der Waals surface area (Å²) in [6, 6.07) is 20.6. The second-order valence-corrected chi connectivity index (χ2v) is 6.97. The quantitative estimate of drug-likeness (QED) is 0.208. The average molecular weight is 447 g/mol. The van der Waals surface area contributed by atoms with Gasteiger partial charge in [-0.1, -0.05) is 25.1 Å². The Hall–Kier alpha value is -4.13. The lowest BCUT2D eigenvalue weighted by Crippen LogP contribution is -2.17. The maximum Gasteiger partial charge on any atom is 0.343 e. The lowest BCUT2D eigenvalue weighted by atomic mass is 10.2. The Morgan fingerprint density at radius 1 is 0.879 bits per heavy atom.